The van der Waals surface area contributed by atoms with Gasteiger partial charge in [-0.1, -0.05) is 19.8 Å². The molecule has 2 aliphatic carbocycles. The van der Waals surface area contributed by atoms with E-state index in [9.17, 15) is 0 Å². The zero-order valence-electron chi connectivity index (χ0n) is 11.9. The summed E-state index contributed by atoms with van der Waals surface area (Å²) in [7, 11) is 0. The Kier molecular flexibility index (Phi) is 3.65. The summed E-state index contributed by atoms with van der Waals surface area (Å²) >= 11 is 0. The van der Waals surface area contributed by atoms with Crippen molar-refractivity contribution in [2.45, 2.75) is 57.0 Å². The quantitative estimate of drug-likeness (QED) is 0.828. The molecule has 3 rings (SSSR count). The number of piperazine rings is 1. The van der Waals surface area contributed by atoms with Gasteiger partial charge in [-0.25, -0.2) is 0 Å². The molecular formula is C15H29N3. The molecule has 18 heavy (non-hydrogen) atoms. The number of nitrogens with zero attached hydrogens (tertiary/aromatic N) is 2. The van der Waals surface area contributed by atoms with E-state index < -0.39 is 0 Å². The summed E-state index contributed by atoms with van der Waals surface area (Å²) < 4.78 is 0. The number of hydrogen-bond donors (Lipinski definition) is 1. The van der Waals surface area contributed by atoms with E-state index in [-0.39, 0.29) is 5.54 Å². The van der Waals surface area contributed by atoms with Crippen LogP contribution in [0.2, 0.25) is 0 Å². The first-order valence-electron chi connectivity index (χ1n) is 7.90. The predicted octanol–water partition coefficient (Wildman–Crippen LogP) is 1.67. The molecular weight excluding hydrogens is 222 g/mol. The SMILES string of the molecule is CC1CCCC(N)(CN2CCN(C3CC3)CC2)C1. The molecule has 0 aromatic rings. The van der Waals surface area contributed by atoms with Gasteiger partial charge in [0.25, 0.3) is 0 Å². The first-order chi connectivity index (χ1) is 8.65. The van der Waals surface area contributed by atoms with Crippen molar-refractivity contribution >= 4 is 0 Å². The highest BCUT2D eigenvalue weighted by Gasteiger charge is 2.35. The lowest BCUT2D eigenvalue weighted by atomic mass is 9.76. The van der Waals surface area contributed by atoms with Crippen LogP contribution in [-0.2, 0) is 0 Å². The summed E-state index contributed by atoms with van der Waals surface area (Å²) in [6.07, 6.45) is 8.07. The minimum Gasteiger partial charge on any atom is -0.324 e. The van der Waals surface area contributed by atoms with Gasteiger partial charge in [-0.3, -0.25) is 9.80 Å². The molecule has 2 N–H and O–H groups in total. The summed E-state index contributed by atoms with van der Waals surface area (Å²) in [5.74, 6) is 0.830. The second-order valence-electron chi connectivity index (χ2n) is 7.11. The van der Waals surface area contributed by atoms with E-state index in [1.54, 1.807) is 0 Å². The van der Waals surface area contributed by atoms with Crippen LogP contribution in [0.5, 0.6) is 0 Å². The Bertz CT molecular complexity index is 281. The van der Waals surface area contributed by atoms with Crippen LogP contribution < -0.4 is 5.73 Å². The average Bonchev–Trinajstić information content (AvgIpc) is 3.13. The van der Waals surface area contributed by atoms with Crippen molar-refractivity contribution in [3.63, 3.8) is 0 Å². The molecule has 1 saturated heterocycles. The summed E-state index contributed by atoms with van der Waals surface area (Å²) in [5.41, 5.74) is 6.74. The smallest absolute Gasteiger partial charge is 0.0285 e. The summed E-state index contributed by atoms with van der Waals surface area (Å²) in [5, 5.41) is 0. The van der Waals surface area contributed by atoms with E-state index in [0.29, 0.717) is 0 Å². The molecule has 1 heterocycles. The predicted molar refractivity (Wildman–Crippen MR) is 75.6 cm³/mol. The summed E-state index contributed by atoms with van der Waals surface area (Å²) in [6, 6.07) is 0.939. The van der Waals surface area contributed by atoms with Crippen LogP contribution in [0.15, 0.2) is 0 Å². The zero-order valence-corrected chi connectivity index (χ0v) is 11.9. The second-order valence-corrected chi connectivity index (χ2v) is 7.11. The molecule has 3 aliphatic rings. The van der Waals surface area contributed by atoms with E-state index in [1.807, 2.05) is 0 Å². The van der Waals surface area contributed by atoms with Crippen LogP contribution >= 0.6 is 0 Å². The maximum absolute atomic E-state index is 6.63. The third-order valence-corrected chi connectivity index (χ3v) is 5.14. The van der Waals surface area contributed by atoms with Crippen LogP contribution in [0.1, 0.15) is 45.4 Å². The molecule has 2 unspecified atom stereocenters. The molecule has 0 radical (unpaired) electrons. The maximum Gasteiger partial charge on any atom is 0.0285 e. The van der Waals surface area contributed by atoms with Crippen molar-refractivity contribution in [3.8, 4) is 0 Å². The summed E-state index contributed by atoms with van der Waals surface area (Å²) in [4.78, 5) is 5.31. The lowest BCUT2D eigenvalue weighted by Gasteiger charge is -2.43. The Labute approximate surface area is 112 Å². The minimum absolute atomic E-state index is 0.111. The van der Waals surface area contributed by atoms with Gasteiger partial charge in [0.15, 0.2) is 0 Å². The first-order valence-corrected chi connectivity index (χ1v) is 7.90. The van der Waals surface area contributed by atoms with Crippen LogP contribution in [0.4, 0.5) is 0 Å². The molecule has 2 saturated carbocycles. The Hall–Kier alpha value is -0.120. The van der Waals surface area contributed by atoms with Gasteiger partial charge >= 0.3 is 0 Å². The molecule has 0 aromatic carbocycles. The van der Waals surface area contributed by atoms with E-state index in [1.165, 1.54) is 64.7 Å². The molecule has 3 fully saturated rings. The van der Waals surface area contributed by atoms with E-state index in [2.05, 4.69) is 16.7 Å². The molecule has 104 valence electrons. The van der Waals surface area contributed by atoms with Gasteiger partial charge in [0, 0.05) is 44.3 Å². The summed E-state index contributed by atoms with van der Waals surface area (Å²) in [6.45, 7) is 8.53. The first kappa shape index (κ1) is 12.9. The highest BCUT2D eigenvalue weighted by atomic mass is 15.3. The molecule has 3 heteroatoms. The Morgan fingerprint density at radius 2 is 1.83 bits per heavy atom. The standard InChI is InChI=1S/C15H29N3/c1-13-3-2-6-15(16,11-13)12-17-7-9-18(10-8-17)14-4-5-14/h13-14H,2-12,16H2,1H3. The number of nitrogens with two attached hydrogens (primary N) is 1. The van der Waals surface area contributed by atoms with E-state index in [4.69, 9.17) is 5.73 Å². The molecule has 1 aliphatic heterocycles. The average molecular weight is 251 g/mol. The highest BCUT2D eigenvalue weighted by molar-refractivity contribution is 4.94. The van der Waals surface area contributed by atoms with Crippen molar-refractivity contribution in [2.24, 2.45) is 11.7 Å². The van der Waals surface area contributed by atoms with E-state index in [0.717, 1.165) is 18.5 Å². The monoisotopic (exact) mass is 251 g/mol. The fourth-order valence-corrected chi connectivity index (χ4v) is 4.02. The molecule has 3 nitrogen and oxygen atoms in total. The van der Waals surface area contributed by atoms with Crippen LogP contribution in [0.3, 0.4) is 0 Å². The van der Waals surface area contributed by atoms with Crippen molar-refractivity contribution < 1.29 is 0 Å². The van der Waals surface area contributed by atoms with Crippen LogP contribution in [0, 0.1) is 5.92 Å². The van der Waals surface area contributed by atoms with Crippen molar-refractivity contribution in [1.29, 1.82) is 0 Å². The van der Waals surface area contributed by atoms with Gasteiger partial charge < -0.3 is 5.73 Å². The van der Waals surface area contributed by atoms with Crippen molar-refractivity contribution in [3.05, 3.63) is 0 Å². The van der Waals surface area contributed by atoms with Crippen LogP contribution in [-0.4, -0.2) is 54.1 Å². The van der Waals surface area contributed by atoms with Gasteiger partial charge in [-0.2, -0.15) is 0 Å². The molecule has 2 atom stereocenters. The van der Waals surface area contributed by atoms with Gasteiger partial charge in [0.2, 0.25) is 0 Å². The molecule has 0 bridgehead atoms. The normalized spacial score (nSPS) is 40.0. The lowest BCUT2D eigenvalue weighted by molar-refractivity contribution is 0.0876. The van der Waals surface area contributed by atoms with Gasteiger partial charge in [-0.05, 0) is 31.6 Å². The highest BCUT2D eigenvalue weighted by Crippen LogP contribution is 2.32. The molecule has 0 spiro atoms. The maximum atomic E-state index is 6.63. The number of hydrogen-bond acceptors (Lipinski definition) is 3. The lowest BCUT2D eigenvalue weighted by Crippen LogP contribution is -2.57. The molecule has 0 amide bonds. The third kappa shape index (κ3) is 3.06. The Balaban J connectivity index is 1.47. The topological polar surface area (TPSA) is 32.5 Å². The minimum atomic E-state index is 0.111. The Morgan fingerprint density at radius 1 is 1.11 bits per heavy atom. The Morgan fingerprint density at radius 3 is 2.44 bits per heavy atom. The van der Waals surface area contributed by atoms with Gasteiger partial charge in [0.1, 0.15) is 0 Å². The fourth-order valence-electron chi connectivity index (χ4n) is 4.02. The van der Waals surface area contributed by atoms with E-state index >= 15 is 0 Å². The van der Waals surface area contributed by atoms with Crippen molar-refractivity contribution in [2.75, 3.05) is 32.7 Å². The van der Waals surface area contributed by atoms with Crippen LogP contribution in [0.25, 0.3) is 0 Å². The van der Waals surface area contributed by atoms with Crippen molar-refractivity contribution in [1.82, 2.24) is 9.80 Å². The zero-order chi connectivity index (χ0) is 12.6. The van der Waals surface area contributed by atoms with Gasteiger partial charge in [-0.15, -0.1) is 0 Å². The van der Waals surface area contributed by atoms with Gasteiger partial charge in [0.05, 0.1) is 0 Å². The largest absolute Gasteiger partial charge is 0.324 e. The number of rotatable bonds is 3. The second kappa shape index (κ2) is 5.10. The molecule has 0 aromatic heterocycles. The third-order valence-electron chi connectivity index (χ3n) is 5.14. The fraction of sp³-hybridized carbons (Fsp3) is 1.00.